The summed E-state index contributed by atoms with van der Waals surface area (Å²) in [6.07, 6.45) is 1.81. The average Bonchev–Trinajstić information content (AvgIpc) is 2.79. The second kappa shape index (κ2) is 4.55. The maximum atomic E-state index is 6.08. The normalized spacial score (nSPS) is 10.2. The summed E-state index contributed by atoms with van der Waals surface area (Å²) in [6, 6.07) is 11.6. The van der Waals surface area contributed by atoms with Crippen molar-refractivity contribution >= 4 is 22.6 Å². The summed E-state index contributed by atoms with van der Waals surface area (Å²) < 4.78 is 0. The molecule has 0 aliphatic carbocycles. The molecule has 1 N–H and O–H groups in total. The summed E-state index contributed by atoms with van der Waals surface area (Å²) in [5.74, 6) is 0.639. The van der Waals surface area contributed by atoms with E-state index < -0.39 is 0 Å². The Kier molecular flexibility index (Phi) is 3.11. The topological polar surface area (TPSA) is 41.6 Å². The lowest BCUT2D eigenvalue weighted by Gasteiger charge is -2.01. The predicted octanol–water partition coefficient (Wildman–Crippen LogP) is 3.91. The second-order valence-corrected chi connectivity index (χ2v) is 3.80. The van der Waals surface area contributed by atoms with Gasteiger partial charge in [0.15, 0.2) is 5.82 Å². The molecule has 0 amide bonds. The van der Waals surface area contributed by atoms with Crippen molar-refractivity contribution in [3.8, 4) is 11.4 Å². The van der Waals surface area contributed by atoms with E-state index in [9.17, 15) is 0 Å². The number of rotatable bonds is 1. The fourth-order valence-electron chi connectivity index (χ4n) is 1.62. The van der Waals surface area contributed by atoms with Crippen LogP contribution in [0.4, 0.5) is 0 Å². The van der Waals surface area contributed by atoms with Gasteiger partial charge in [-0.25, -0.2) is 9.97 Å². The minimum atomic E-state index is 0. The minimum absolute atomic E-state index is 0. The summed E-state index contributed by atoms with van der Waals surface area (Å²) in [4.78, 5) is 11.7. The largest absolute Gasteiger partial charge is 0.346 e. The lowest BCUT2D eigenvalue weighted by Crippen LogP contribution is -1.90. The van der Waals surface area contributed by atoms with Gasteiger partial charge in [0.25, 0.3) is 0 Å². The molecule has 0 bridgehead atoms. The number of hydrogen-bond donors (Lipinski definition) is 1. The Morgan fingerprint density at radius 3 is 2.53 bits per heavy atom. The molecule has 0 aliphatic heterocycles. The molecule has 0 fully saturated rings. The lowest BCUT2D eigenvalue weighted by molar-refractivity contribution is 1.21. The van der Waals surface area contributed by atoms with E-state index in [1.165, 1.54) is 0 Å². The van der Waals surface area contributed by atoms with Gasteiger partial charge in [0.2, 0.25) is 0 Å². The molecule has 0 aliphatic rings. The highest BCUT2D eigenvalue weighted by Gasteiger charge is 2.07. The molecule has 17 heavy (non-hydrogen) atoms. The van der Waals surface area contributed by atoms with Crippen molar-refractivity contribution in [3.63, 3.8) is 0 Å². The zero-order valence-corrected chi connectivity index (χ0v) is 9.07. The number of hydrogen-bond acceptors (Lipinski definition) is 2. The van der Waals surface area contributed by atoms with Crippen molar-refractivity contribution in [1.29, 1.82) is 0 Å². The van der Waals surface area contributed by atoms with Crippen LogP contribution < -0.4 is 0 Å². The molecule has 0 saturated carbocycles. The first-order valence-electron chi connectivity index (χ1n) is 4.90. The molecule has 2 aromatic heterocycles. The number of benzene rings is 1. The highest BCUT2D eigenvalue weighted by molar-refractivity contribution is 6.34. The summed E-state index contributed by atoms with van der Waals surface area (Å²) in [6.45, 7) is 0. The fourth-order valence-corrected chi connectivity index (χ4v) is 1.85. The SMILES string of the molecule is C.Clc1nc(-c2ccccc2)nc2[nH]ccc12. The average molecular weight is 246 g/mol. The van der Waals surface area contributed by atoms with Crippen molar-refractivity contribution in [2.45, 2.75) is 7.43 Å². The second-order valence-electron chi connectivity index (χ2n) is 3.44. The van der Waals surface area contributed by atoms with Crippen molar-refractivity contribution < 1.29 is 0 Å². The number of H-pyrrole nitrogens is 1. The molecule has 86 valence electrons. The number of halogens is 1. The maximum absolute atomic E-state index is 6.08. The van der Waals surface area contributed by atoms with E-state index in [1.807, 2.05) is 36.4 Å². The molecule has 3 aromatic rings. The molecule has 0 atom stereocenters. The van der Waals surface area contributed by atoms with Gasteiger partial charge in [-0.1, -0.05) is 49.4 Å². The molecule has 0 unspecified atom stereocenters. The van der Waals surface area contributed by atoms with Crippen LogP contribution >= 0.6 is 11.6 Å². The fraction of sp³-hybridized carbons (Fsp3) is 0.0769. The first kappa shape index (κ1) is 11.6. The predicted molar refractivity (Wildman–Crippen MR) is 71.1 cm³/mol. The molecule has 0 radical (unpaired) electrons. The number of nitrogens with one attached hydrogen (secondary N) is 1. The Morgan fingerprint density at radius 2 is 1.76 bits per heavy atom. The summed E-state index contributed by atoms with van der Waals surface area (Å²) in [5.41, 5.74) is 1.72. The van der Waals surface area contributed by atoms with Gasteiger partial charge in [0, 0.05) is 11.8 Å². The van der Waals surface area contributed by atoms with Gasteiger partial charge >= 0.3 is 0 Å². The van der Waals surface area contributed by atoms with E-state index in [2.05, 4.69) is 15.0 Å². The van der Waals surface area contributed by atoms with Gasteiger partial charge in [-0.05, 0) is 6.07 Å². The zero-order chi connectivity index (χ0) is 11.0. The van der Waals surface area contributed by atoms with Crippen molar-refractivity contribution in [2.24, 2.45) is 0 Å². The van der Waals surface area contributed by atoms with Crippen molar-refractivity contribution in [3.05, 3.63) is 47.7 Å². The first-order valence-corrected chi connectivity index (χ1v) is 5.28. The third kappa shape index (κ3) is 2.01. The summed E-state index contributed by atoms with van der Waals surface area (Å²) in [7, 11) is 0. The number of fused-ring (bicyclic) bond motifs is 1. The molecule has 3 rings (SSSR count). The standard InChI is InChI=1S/C12H8ClN3.CH4/c13-10-9-6-7-14-12(9)16-11(15-10)8-4-2-1-3-5-8;/h1-7H,(H,14,15,16);1H4. The third-order valence-electron chi connectivity index (χ3n) is 2.40. The highest BCUT2D eigenvalue weighted by Crippen LogP contribution is 2.23. The van der Waals surface area contributed by atoms with Crippen LogP contribution in [0.15, 0.2) is 42.6 Å². The highest BCUT2D eigenvalue weighted by atomic mass is 35.5. The lowest BCUT2D eigenvalue weighted by atomic mass is 10.2. The first-order chi connectivity index (χ1) is 7.84. The van der Waals surface area contributed by atoms with Gasteiger partial charge in [-0.2, -0.15) is 0 Å². The van der Waals surface area contributed by atoms with Crippen LogP contribution in [0.5, 0.6) is 0 Å². The molecule has 2 heterocycles. The van der Waals surface area contributed by atoms with Crippen LogP contribution in [0, 0.1) is 0 Å². The summed E-state index contributed by atoms with van der Waals surface area (Å²) >= 11 is 6.08. The Hall–Kier alpha value is -1.87. The molecule has 0 saturated heterocycles. The monoisotopic (exact) mass is 245 g/mol. The van der Waals surface area contributed by atoms with E-state index in [1.54, 1.807) is 6.20 Å². The van der Waals surface area contributed by atoms with E-state index in [0.717, 1.165) is 16.6 Å². The van der Waals surface area contributed by atoms with E-state index in [4.69, 9.17) is 11.6 Å². The van der Waals surface area contributed by atoms with Crippen LogP contribution in [0.2, 0.25) is 5.15 Å². The van der Waals surface area contributed by atoms with Crippen LogP contribution in [0.1, 0.15) is 7.43 Å². The van der Waals surface area contributed by atoms with Crippen LogP contribution in [0.3, 0.4) is 0 Å². The van der Waals surface area contributed by atoms with Gasteiger partial charge in [-0.15, -0.1) is 0 Å². The van der Waals surface area contributed by atoms with Gasteiger partial charge in [0.1, 0.15) is 10.8 Å². The van der Waals surface area contributed by atoms with Gasteiger partial charge < -0.3 is 4.98 Å². The smallest absolute Gasteiger partial charge is 0.163 e. The quantitative estimate of drug-likeness (QED) is 0.661. The number of aromatic nitrogens is 3. The van der Waals surface area contributed by atoms with E-state index in [-0.39, 0.29) is 7.43 Å². The van der Waals surface area contributed by atoms with E-state index >= 15 is 0 Å². The molecule has 0 spiro atoms. The number of nitrogens with zero attached hydrogens (tertiary/aromatic N) is 2. The van der Waals surface area contributed by atoms with Crippen molar-refractivity contribution in [2.75, 3.05) is 0 Å². The van der Waals surface area contributed by atoms with Crippen molar-refractivity contribution in [1.82, 2.24) is 15.0 Å². The molecular weight excluding hydrogens is 234 g/mol. The molecule has 4 heteroatoms. The molecule has 1 aromatic carbocycles. The van der Waals surface area contributed by atoms with Crippen LogP contribution in [-0.2, 0) is 0 Å². The van der Waals surface area contributed by atoms with Crippen LogP contribution in [0.25, 0.3) is 22.4 Å². The Labute approximate surface area is 104 Å². The maximum Gasteiger partial charge on any atom is 0.163 e. The Bertz CT molecular complexity index is 631. The minimum Gasteiger partial charge on any atom is -0.346 e. The number of aromatic amines is 1. The van der Waals surface area contributed by atoms with Gasteiger partial charge in [0.05, 0.1) is 5.39 Å². The van der Waals surface area contributed by atoms with Crippen LogP contribution in [-0.4, -0.2) is 15.0 Å². The summed E-state index contributed by atoms with van der Waals surface area (Å²) in [5, 5.41) is 1.33. The molecule has 3 nitrogen and oxygen atoms in total. The van der Waals surface area contributed by atoms with E-state index in [0.29, 0.717) is 11.0 Å². The third-order valence-corrected chi connectivity index (χ3v) is 2.69. The van der Waals surface area contributed by atoms with Gasteiger partial charge in [-0.3, -0.25) is 0 Å². The zero-order valence-electron chi connectivity index (χ0n) is 8.31. The molecular formula is C13H12ClN3. The Morgan fingerprint density at radius 1 is 1.00 bits per heavy atom. The Balaban J connectivity index is 0.00000108.